The van der Waals surface area contributed by atoms with Crippen molar-refractivity contribution in [1.82, 2.24) is 4.98 Å². The molecule has 4 atom stereocenters. The van der Waals surface area contributed by atoms with Crippen molar-refractivity contribution in [2.75, 3.05) is 10.7 Å². The number of thioether (sulfide) groups is 1. The summed E-state index contributed by atoms with van der Waals surface area (Å²) in [5.74, 6) is 1.82. The minimum Gasteiger partial charge on any atom is -0.274 e. The van der Waals surface area contributed by atoms with E-state index in [0.29, 0.717) is 11.6 Å². The van der Waals surface area contributed by atoms with E-state index < -0.39 is 0 Å². The number of rotatable bonds is 4. The van der Waals surface area contributed by atoms with Gasteiger partial charge in [-0.15, -0.1) is 11.3 Å². The zero-order valence-electron chi connectivity index (χ0n) is 14.7. The van der Waals surface area contributed by atoms with Crippen molar-refractivity contribution in [1.29, 1.82) is 0 Å². The van der Waals surface area contributed by atoms with Gasteiger partial charge in [0.25, 0.3) is 0 Å². The monoisotopic (exact) mass is 384 g/mol. The van der Waals surface area contributed by atoms with E-state index in [1.54, 1.807) is 23.1 Å². The lowest BCUT2D eigenvalue weighted by Gasteiger charge is -2.17. The van der Waals surface area contributed by atoms with Gasteiger partial charge in [-0.2, -0.15) is 0 Å². The maximum absolute atomic E-state index is 13.0. The van der Waals surface area contributed by atoms with Crippen molar-refractivity contribution in [2.24, 2.45) is 29.6 Å². The van der Waals surface area contributed by atoms with E-state index in [9.17, 15) is 9.59 Å². The fourth-order valence-corrected chi connectivity index (χ4v) is 6.57. The molecule has 3 aliphatic rings. The number of carbonyl (C=O) groups is 2. The first kappa shape index (κ1) is 16.5. The van der Waals surface area contributed by atoms with Gasteiger partial charge in [0, 0.05) is 5.75 Å². The van der Waals surface area contributed by atoms with Gasteiger partial charge in [0.1, 0.15) is 0 Å². The summed E-state index contributed by atoms with van der Waals surface area (Å²) < 4.78 is 2.08. The van der Waals surface area contributed by atoms with Gasteiger partial charge < -0.3 is 0 Å². The van der Waals surface area contributed by atoms with Crippen LogP contribution in [0, 0.1) is 29.6 Å². The molecule has 134 valence electrons. The molecular formula is C20H20N2O2S2. The van der Waals surface area contributed by atoms with Gasteiger partial charge >= 0.3 is 0 Å². The zero-order chi connectivity index (χ0) is 18.0. The number of thiazole rings is 1. The van der Waals surface area contributed by atoms with Crippen LogP contribution < -0.4 is 4.90 Å². The molecule has 26 heavy (non-hydrogen) atoms. The van der Waals surface area contributed by atoms with Crippen LogP contribution in [-0.4, -0.2) is 22.6 Å². The lowest BCUT2D eigenvalue weighted by atomic mass is 9.85. The first-order valence-corrected chi connectivity index (χ1v) is 10.9. The van der Waals surface area contributed by atoms with Gasteiger partial charge in [-0.25, -0.2) is 9.88 Å². The zero-order valence-corrected chi connectivity index (χ0v) is 16.3. The minimum atomic E-state index is -0.146. The topological polar surface area (TPSA) is 50.3 Å². The quantitative estimate of drug-likeness (QED) is 0.447. The molecule has 1 saturated carbocycles. The number of amides is 2. The number of hydrogen-bond acceptors (Lipinski definition) is 5. The van der Waals surface area contributed by atoms with E-state index in [4.69, 9.17) is 0 Å². The average molecular weight is 385 g/mol. The number of benzene rings is 1. The molecule has 2 bridgehead atoms. The van der Waals surface area contributed by atoms with Crippen LogP contribution in [0.25, 0.3) is 10.2 Å². The molecule has 1 aromatic carbocycles. The summed E-state index contributed by atoms with van der Waals surface area (Å²) in [5.41, 5.74) is 1.64. The van der Waals surface area contributed by atoms with Crippen molar-refractivity contribution in [2.45, 2.75) is 24.6 Å². The Morgan fingerprint density at radius 3 is 2.54 bits per heavy atom. The molecule has 1 aliphatic heterocycles. The number of allylic oxidation sites excluding steroid dienone is 2. The van der Waals surface area contributed by atoms with Gasteiger partial charge in [0.05, 0.1) is 27.7 Å². The van der Waals surface area contributed by atoms with Crippen molar-refractivity contribution >= 4 is 50.8 Å². The minimum absolute atomic E-state index is 0.0184. The third kappa shape index (κ3) is 2.38. The van der Waals surface area contributed by atoms with Crippen LogP contribution in [0.4, 0.5) is 5.69 Å². The van der Waals surface area contributed by atoms with E-state index in [0.717, 1.165) is 26.7 Å². The Kier molecular flexibility index (Phi) is 3.76. The summed E-state index contributed by atoms with van der Waals surface area (Å²) in [6, 6.07) is 5.76. The Bertz CT molecular complexity index is 918. The molecule has 2 aliphatic carbocycles. The van der Waals surface area contributed by atoms with Crippen molar-refractivity contribution in [3.05, 3.63) is 30.4 Å². The normalized spacial score (nSPS) is 29.6. The van der Waals surface area contributed by atoms with Gasteiger partial charge in [-0.05, 0) is 42.4 Å². The van der Waals surface area contributed by atoms with Crippen LogP contribution in [0.5, 0.6) is 0 Å². The molecule has 2 heterocycles. The third-order valence-electron chi connectivity index (χ3n) is 5.62. The predicted molar refractivity (Wildman–Crippen MR) is 105 cm³/mol. The summed E-state index contributed by atoms with van der Waals surface area (Å²) in [6.07, 6.45) is 5.22. The molecule has 0 radical (unpaired) electrons. The van der Waals surface area contributed by atoms with E-state index in [2.05, 4.69) is 31.0 Å². The molecule has 0 unspecified atom stereocenters. The molecule has 5 rings (SSSR count). The number of carbonyl (C=O) groups excluding carboxylic acids is 2. The SMILES string of the molecule is CC(C)CSc1nc2ccc(N3C(=O)[C@H]4[C@H](C3=O)[C@H]3C=C[C@H]4C3)cc2s1. The molecule has 0 spiro atoms. The molecule has 6 heteroatoms. The van der Waals surface area contributed by atoms with Crippen LogP contribution in [-0.2, 0) is 9.59 Å². The highest BCUT2D eigenvalue weighted by Gasteiger charge is 2.59. The van der Waals surface area contributed by atoms with Gasteiger partial charge in [-0.3, -0.25) is 9.59 Å². The number of nitrogens with zero attached hydrogens (tertiary/aromatic N) is 2. The smallest absolute Gasteiger partial charge is 0.238 e. The molecule has 1 aromatic heterocycles. The van der Waals surface area contributed by atoms with E-state index in [1.807, 2.05) is 18.2 Å². The van der Waals surface area contributed by atoms with Gasteiger partial charge in [-0.1, -0.05) is 37.8 Å². The standard InChI is InChI=1S/C20H20N2O2S2/c1-10(2)9-25-20-21-14-6-5-13(8-15(14)26-20)22-18(23)16-11-3-4-12(7-11)17(16)19(22)24/h3-6,8,10-12,16-17H,7,9H2,1-2H3/t11-,12-,16+,17+/m0/s1. The van der Waals surface area contributed by atoms with Gasteiger partial charge in [0.2, 0.25) is 11.8 Å². The molecule has 2 fully saturated rings. The van der Waals surface area contributed by atoms with Gasteiger partial charge in [0.15, 0.2) is 4.34 Å². The Hall–Kier alpha value is -1.66. The summed E-state index contributed by atoms with van der Waals surface area (Å²) in [4.78, 5) is 32.0. The van der Waals surface area contributed by atoms with Crippen LogP contribution in [0.1, 0.15) is 20.3 Å². The van der Waals surface area contributed by atoms with Crippen LogP contribution >= 0.6 is 23.1 Å². The Morgan fingerprint density at radius 1 is 1.19 bits per heavy atom. The number of hydrogen-bond donors (Lipinski definition) is 0. The molecule has 2 amide bonds. The first-order valence-electron chi connectivity index (χ1n) is 9.12. The van der Waals surface area contributed by atoms with Crippen molar-refractivity contribution in [3.63, 3.8) is 0 Å². The van der Waals surface area contributed by atoms with E-state index in [-0.39, 0.29) is 35.5 Å². The van der Waals surface area contributed by atoms with E-state index >= 15 is 0 Å². The highest BCUT2D eigenvalue weighted by Crippen LogP contribution is 2.53. The summed E-state index contributed by atoms with van der Waals surface area (Å²) >= 11 is 3.41. The lowest BCUT2D eigenvalue weighted by molar-refractivity contribution is -0.123. The number of anilines is 1. The van der Waals surface area contributed by atoms with Crippen LogP contribution in [0.3, 0.4) is 0 Å². The summed E-state index contributed by atoms with van der Waals surface area (Å²) in [6.45, 7) is 4.39. The second kappa shape index (κ2) is 5.92. The van der Waals surface area contributed by atoms with Crippen molar-refractivity contribution < 1.29 is 9.59 Å². The second-order valence-corrected chi connectivity index (χ2v) is 10.1. The average Bonchev–Trinajstić information content (AvgIpc) is 3.35. The number of aromatic nitrogens is 1. The maximum Gasteiger partial charge on any atom is 0.238 e. The second-order valence-electron chi connectivity index (χ2n) is 7.85. The first-order chi connectivity index (χ1) is 12.5. The molecule has 4 nitrogen and oxygen atoms in total. The Balaban J connectivity index is 1.46. The third-order valence-corrected chi connectivity index (χ3v) is 8.21. The maximum atomic E-state index is 13.0. The Labute approximate surface area is 160 Å². The molecular weight excluding hydrogens is 364 g/mol. The molecule has 2 aromatic rings. The van der Waals surface area contributed by atoms with Crippen LogP contribution in [0.2, 0.25) is 0 Å². The molecule has 0 N–H and O–H groups in total. The fraction of sp³-hybridized carbons (Fsp3) is 0.450. The largest absolute Gasteiger partial charge is 0.274 e. The Morgan fingerprint density at radius 2 is 1.88 bits per heavy atom. The van der Waals surface area contributed by atoms with E-state index in [1.165, 1.54) is 4.90 Å². The van der Waals surface area contributed by atoms with Crippen LogP contribution in [0.15, 0.2) is 34.7 Å². The fourth-order valence-electron chi connectivity index (χ4n) is 4.49. The summed E-state index contributed by atoms with van der Waals surface area (Å²) in [7, 11) is 0. The van der Waals surface area contributed by atoms with Crippen molar-refractivity contribution in [3.8, 4) is 0 Å². The predicted octanol–water partition coefficient (Wildman–Crippen LogP) is 4.36. The highest BCUT2D eigenvalue weighted by molar-refractivity contribution is 8.01. The molecule has 1 saturated heterocycles. The number of fused-ring (bicyclic) bond motifs is 6. The lowest BCUT2D eigenvalue weighted by Crippen LogP contribution is -2.32. The highest BCUT2D eigenvalue weighted by atomic mass is 32.2. The number of imide groups is 1. The summed E-state index contributed by atoms with van der Waals surface area (Å²) in [5, 5.41) is 0.